The van der Waals surface area contributed by atoms with Crippen molar-refractivity contribution in [2.24, 2.45) is 23.3 Å². The van der Waals surface area contributed by atoms with Gasteiger partial charge >= 0.3 is 0 Å². The Morgan fingerprint density at radius 1 is 1.26 bits per heavy atom. The van der Waals surface area contributed by atoms with Gasteiger partial charge in [-0.15, -0.1) is 0 Å². The predicted molar refractivity (Wildman–Crippen MR) is 87.6 cm³/mol. The highest BCUT2D eigenvalue weighted by Crippen LogP contribution is 2.33. The van der Waals surface area contributed by atoms with Gasteiger partial charge in [-0.3, -0.25) is 14.4 Å². The van der Waals surface area contributed by atoms with Gasteiger partial charge in [-0.2, -0.15) is 0 Å². The first-order chi connectivity index (χ1) is 10.8. The molecule has 1 aliphatic rings. The van der Waals surface area contributed by atoms with Gasteiger partial charge < -0.3 is 16.2 Å². The number of nitrogens with two attached hydrogens (primary N) is 2. The van der Waals surface area contributed by atoms with Crippen LogP contribution < -0.4 is 11.5 Å². The molecule has 6 heteroatoms. The Balaban J connectivity index is 2.91. The number of carbonyl (C=O) groups is 3. The zero-order valence-corrected chi connectivity index (χ0v) is 14.3. The van der Waals surface area contributed by atoms with Crippen LogP contribution in [0.5, 0.6) is 0 Å². The summed E-state index contributed by atoms with van der Waals surface area (Å²) in [5, 5.41) is 0. The number of ketones is 2. The van der Waals surface area contributed by atoms with Crippen LogP contribution in [0.15, 0.2) is 0 Å². The van der Waals surface area contributed by atoms with E-state index in [4.69, 9.17) is 16.2 Å². The Kier molecular flexibility index (Phi) is 7.85. The van der Waals surface area contributed by atoms with Crippen molar-refractivity contribution >= 4 is 18.0 Å². The van der Waals surface area contributed by atoms with E-state index in [0.717, 1.165) is 38.5 Å². The lowest BCUT2D eigenvalue weighted by atomic mass is 9.76. The van der Waals surface area contributed by atoms with Crippen LogP contribution in [-0.4, -0.2) is 36.2 Å². The maximum Gasteiger partial charge on any atom is 0.293 e. The van der Waals surface area contributed by atoms with Crippen LogP contribution in [0.2, 0.25) is 0 Å². The molecule has 1 unspecified atom stereocenters. The summed E-state index contributed by atoms with van der Waals surface area (Å²) in [4.78, 5) is 36.4. The van der Waals surface area contributed by atoms with Crippen molar-refractivity contribution in [2.45, 2.75) is 70.4 Å². The maximum atomic E-state index is 12.9. The third kappa shape index (κ3) is 5.39. The van der Waals surface area contributed by atoms with Crippen LogP contribution in [-0.2, 0) is 19.1 Å². The van der Waals surface area contributed by atoms with Crippen molar-refractivity contribution in [1.82, 2.24) is 0 Å². The van der Waals surface area contributed by atoms with Gasteiger partial charge in [0.2, 0.25) is 0 Å². The van der Waals surface area contributed by atoms with Gasteiger partial charge in [-0.25, -0.2) is 0 Å². The molecule has 0 heterocycles. The quantitative estimate of drug-likeness (QED) is 0.336. The van der Waals surface area contributed by atoms with E-state index >= 15 is 0 Å². The molecule has 0 aliphatic heterocycles. The Hall–Kier alpha value is -1.27. The molecule has 0 aromatic carbocycles. The predicted octanol–water partition coefficient (Wildman–Crippen LogP) is 1.34. The number of unbranched alkanes of at least 4 members (excludes halogenated alkanes) is 1. The molecule has 4 N–H and O–H groups in total. The number of carbonyl (C=O) groups excluding carboxylic acids is 3. The minimum atomic E-state index is -1.18. The Bertz CT molecular complexity index is 417. The number of rotatable bonds is 11. The Morgan fingerprint density at radius 3 is 2.39 bits per heavy atom. The minimum Gasteiger partial charge on any atom is -0.461 e. The molecule has 6 nitrogen and oxygen atoms in total. The van der Waals surface area contributed by atoms with Crippen LogP contribution in [0.4, 0.5) is 0 Å². The molecule has 1 fully saturated rings. The molecule has 0 aromatic heterocycles. The molecule has 0 aromatic rings. The Morgan fingerprint density at radius 2 is 1.87 bits per heavy atom. The minimum absolute atomic E-state index is 0.130. The molecule has 132 valence electrons. The van der Waals surface area contributed by atoms with Gasteiger partial charge in [0.15, 0.2) is 11.6 Å². The van der Waals surface area contributed by atoms with Crippen molar-refractivity contribution in [3.63, 3.8) is 0 Å². The van der Waals surface area contributed by atoms with Crippen LogP contribution in [0.25, 0.3) is 0 Å². The fraction of sp³-hybridized carbons (Fsp3) is 0.824. The topological polar surface area (TPSA) is 112 Å². The second-order valence-electron chi connectivity index (χ2n) is 6.93. The Labute approximate surface area is 138 Å². The van der Waals surface area contributed by atoms with Crippen LogP contribution in [0, 0.1) is 11.8 Å². The number of hydrogen-bond donors (Lipinski definition) is 2. The zero-order chi connectivity index (χ0) is 17.5. The largest absolute Gasteiger partial charge is 0.461 e. The highest BCUT2D eigenvalue weighted by molar-refractivity contribution is 6.06. The second-order valence-corrected chi connectivity index (χ2v) is 6.93. The molecule has 1 rings (SSSR count). The van der Waals surface area contributed by atoms with Gasteiger partial charge in [-0.1, -0.05) is 19.3 Å². The number of Topliss-reactive ketones (excluding diaryl/α,β-unsaturated/α-hetero) is 2. The second kappa shape index (κ2) is 9.13. The molecule has 0 bridgehead atoms. The summed E-state index contributed by atoms with van der Waals surface area (Å²) in [7, 11) is 0. The SMILES string of the molecule is CC(C)(OC=O)C(C(=O)C1CCCC1)C(=O)[C@@H](N)CCCCN. The molecule has 2 atom stereocenters. The third-order valence-electron chi connectivity index (χ3n) is 4.71. The first-order valence-corrected chi connectivity index (χ1v) is 8.49. The van der Waals surface area contributed by atoms with Crippen LogP contribution >= 0.6 is 0 Å². The molecule has 0 spiro atoms. The van der Waals surface area contributed by atoms with Gasteiger partial charge in [0.25, 0.3) is 6.47 Å². The normalized spacial score (nSPS) is 18.4. The smallest absolute Gasteiger partial charge is 0.293 e. The van der Waals surface area contributed by atoms with Crippen molar-refractivity contribution in [1.29, 1.82) is 0 Å². The average molecular weight is 326 g/mol. The summed E-state index contributed by atoms with van der Waals surface area (Å²) < 4.78 is 5.07. The van der Waals surface area contributed by atoms with Crippen molar-refractivity contribution in [2.75, 3.05) is 6.54 Å². The average Bonchev–Trinajstić information content (AvgIpc) is 3.01. The molecule has 1 aliphatic carbocycles. The fourth-order valence-corrected chi connectivity index (χ4v) is 3.33. The van der Waals surface area contributed by atoms with Gasteiger partial charge in [0.1, 0.15) is 11.5 Å². The molecular formula is C17H30N2O4. The molecule has 0 radical (unpaired) electrons. The van der Waals surface area contributed by atoms with Crippen molar-refractivity contribution < 1.29 is 19.1 Å². The summed E-state index contributed by atoms with van der Waals surface area (Å²) in [5.74, 6) is -1.59. The standard InChI is InChI=1S/C17H30N2O4/c1-17(2,23-11-20)14(15(21)12-7-3-4-8-12)16(22)13(19)9-5-6-10-18/h11-14H,3-10,18-19H2,1-2H3/t13-,14?/m0/s1. The molecule has 0 amide bonds. The van der Waals surface area contributed by atoms with E-state index in [1.807, 2.05) is 0 Å². The lowest BCUT2D eigenvalue weighted by Gasteiger charge is -2.33. The van der Waals surface area contributed by atoms with E-state index in [2.05, 4.69) is 0 Å². The zero-order valence-electron chi connectivity index (χ0n) is 14.3. The monoisotopic (exact) mass is 326 g/mol. The molecule has 1 saturated carbocycles. The van der Waals surface area contributed by atoms with Gasteiger partial charge in [0, 0.05) is 5.92 Å². The highest BCUT2D eigenvalue weighted by atomic mass is 16.5. The maximum absolute atomic E-state index is 12.9. The van der Waals surface area contributed by atoms with Crippen molar-refractivity contribution in [3.05, 3.63) is 0 Å². The van der Waals surface area contributed by atoms with Crippen LogP contribution in [0.3, 0.4) is 0 Å². The van der Waals surface area contributed by atoms with E-state index < -0.39 is 17.6 Å². The summed E-state index contributed by atoms with van der Waals surface area (Å²) in [6.07, 6.45) is 5.59. The number of hydrogen-bond acceptors (Lipinski definition) is 6. The molecule has 23 heavy (non-hydrogen) atoms. The van der Waals surface area contributed by atoms with Crippen LogP contribution in [0.1, 0.15) is 58.8 Å². The van der Waals surface area contributed by atoms with E-state index in [1.54, 1.807) is 13.8 Å². The van der Waals surface area contributed by atoms with E-state index in [1.165, 1.54) is 0 Å². The van der Waals surface area contributed by atoms with E-state index in [0.29, 0.717) is 19.4 Å². The van der Waals surface area contributed by atoms with E-state index in [-0.39, 0.29) is 17.5 Å². The third-order valence-corrected chi connectivity index (χ3v) is 4.71. The molecule has 0 saturated heterocycles. The van der Waals surface area contributed by atoms with Gasteiger partial charge in [0.05, 0.1) is 6.04 Å². The van der Waals surface area contributed by atoms with Gasteiger partial charge in [-0.05, 0) is 46.1 Å². The fourth-order valence-electron chi connectivity index (χ4n) is 3.33. The summed E-state index contributed by atoms with van der Waals surface area (Å²) in [5.41, 5.74) is 10.3. The highest BCUT2D eigenvalue weighted by Gasteiger charge is 2.46. The summed E-state index contributed by atoms with van der Waals surface area (Å²) in [6, 6.07) is -0.730. The summed E-state index contributed by atoms with van der Waals surface area (Å²) >= 11 is 0. The first kappa shape index (κ1) is 19.8. The lowest BCUT2D eigenvalue weighted by molar-refractivity contribution is -0.157. The van der Waals surface area contributed by atoms with Crippen molar-refractivity contribution in [3.8, 4) is 0 Å². The first-order valence-electron chi connectivity index (χ1n) is 8.49. The molecular weight excluding hydrogens is 296 g/mol. The lowest BCUT2D eigenvalue weighted by Crippen LogP contribution is -2.51. The number of ether oxygens (including phenoxy) is 1. The van der Waals surface area contributed by atoms with E-state index in [9.17, 15) is 14.4 Å². The summed E-state index contributed by atoms with van der Waals surface area (Å²) in [6.45, 7) is 4.04.